The van der Waals surface area contributed by atoms with E-state index in [0.29, 0.717) is 6.42 Å². The Morgan fingerprint density at radius 3 is 2.77 bits per heavy atom. The summed E-state index contributed by atoms with van der Waals surface area (Å²) < 4.78 is 1.02. The van der Waals surface area contributed by atoms with Crippen molar-refractivity contribution in [3.05, 3.63) is 34.3 Å². The highest BCUT2D eigenvalue weighted by Crippen LogP contribution is 2.24. The van der Waals surface area contributed by atoms with Crippen LogP contribution in [-0.4, -0.2) is 0 Å². The van der Waals surface area contributed by atoms with Crippen LogP contribution >= 0.6 is 15.9 Å². The first-order valence-corrected chi connectivity index (χ1v) is 4.73. The molecule has 1 rings (SSSR count). The van der Waals surface area contributed by atoms with Gasteiger partial charge in [0.05, 0.1) is 6.04 Å². The summed E-state index contributed by atoms with van der Waals surface area (Å²) >= 11 is 3.44. The molecule has 0 saturated carbocycles. The van der Waals surface area contributed by atoms with Gasteiger partial charge in [0.1, 0.15) is 0 Å². The van der Waals surface area contributed by atoms with E-state index in [1.807, 2.05) is 24.3 Å². The van der Waals surface area contributed by atoms with E-state index in [9.17, 15) is 0 Å². The normalized spacial score (nSPS) is 12.1. The number of rotatable bonds is 3. The molecule has 0 aromatic heterocycles. The van der Waals surface area contributed by atoms with E-state index in [1.165, 1.54) is 0 Å². The molecule has 0 aliphatic rings. The van der Waals surface area contributed by atoms with E-state index in [4.69, 9.17) is 12.3 Å². The fourth-order valence-corrected chi connectivity index (χ4v) is 1.70. The van der Waals surface area contributed by atoms with Crippen LogP contribution in [0, 0.1) is 12.3 Å². The molecule has 1 aromatic rings. The second kappa shape index (κ2) is 5.03. The minimum absolute atomic E-state index is 0.0144. The summed E-state index contributed by atoms with van der Waals surface area (Å²) in [5.41, 5.74) is 3.77. The van der Waals surface area contributed by atoms with Crippen molar-refractivity contribution >= 4 is 15.9 Å². The lowest BCUT2D eigenvalue weighted by molar-refractivity contribution is 0.566. The van der Waals surface area contributed by atoms with Crippen molar-refractivity contribution in [1.82, 2.24) is 5.43 Å². The smallest absolute Gasteiger partial charge is 0.0580 e. The molecular weight excluding hydrogens is 228 g/mol. The monoisotopic (exact) mass is 238 g/mol. The maximum Gasteiger partial charge on any atom is 0.0580 e. The van der Waals surface area contributed by atoms with E-state index in [0.717, 1.165) is 10.0 Å². The Labute approximate surface area is 86.6 Å². The summed E-state index contributed by atoms with van der Waals surface area (Å²) in [5, 5.41) is 0. The summed E-state index contributed by atoms with van der Waals surface area (Å²) in [6.07, 6.45) is 5.81. The Kier molecular flexibility index (Phi) is 3.97. The molecule has 1 unspecified atom stereocenters. The lowest BCUT2D eigenvalue weighted by atomic mass is 10.1. The zero-order valence-electron chi connectivity index (χ0n) is 7.13. The summed E-state index contributed by atoms with van der Waals surface area (Å²) in [6.45, 7) is 0. The number of hydrogen-bond donors (Lipinski definition) is 2. The van der Waals surface area contributed by atoms with Crippen molar-refractivity contribution in [3.8, 4) is 12.3 Å². The van der Waals surface area contributed by atoms with Crippen LogP contribution in [0.3, 0.4) is 0 Å². The first-order chi connectivity index (χ1) is 6.29. The minimum Gasteiger partial charge on any atom is -0.271 e. The van der Waals surface area contributed by atoms with Gasteiger partial charge in [-0.2, -0.15) is 0 Å². The van der Waals surface area contributed by atoms with E-state index < -0.39 is 0 Å². The van der Waals surface area contributed by atoms with Crippen LogP contribution in [0.1, 0.15) is 18.0 Å². The number of hydrazine groups is 1. The third kappa shape index (κ3) is 2.56. The largest absolute Gasteiger partial charge is 0.271 e. The van der Waals surface area contributed by atoms with Crippen LogP contribution in [-0.2, 0) is 0 Å². The van der Waals surface area contributed by atoms with Gasteiger partial charge in [-0.05, 0) is 11.6 Å². The number of halogens is 1. The molecule has 13 heavy (non-hydrogen) atoms. The number of nitrogens with two attached hydrogens (primary N) is 1. The number of hydrogen-bond acceptors (Lipinski definition) is 2. The van der Waals surface area contributed by atoms with Gasteiger partial charge >= 0.3 is 0 Å². The van der Waals surface area contributed by atoms with Gasteiger partial charge in [0, 0.05) is 10.9 Å². The van der Waals surface area contributed by atoms with Crippen molar-refractivity contribution < 1.29 is 0 Å². The SMILES string of the molecule is C#CCC(NN)c1ccccc1Br. The van der Waals surface area contributed by atoms with E-state index in [-0.39, 0.29) is 6.04 Å². The lowest BCUT2D eigenvalue weighted by Gasteiger charge is -2.14. The molecule has 2 nitrogen and oxygen atoms in total. The van der Waals surface area contributed by atoms with Gasteiger partial charge in [0.25, 0.3) is 0 Å². The second-order valence-electron chi connectivity index (χ2n) is 2.65. The first kappa shape index (κ1) is 10.3. The molecule has 0 bridgehead atoms. The third-order valence-corrected chi connectivity index (χ3v) is 2.53. The Bertz CT molecular complexity index is 317. The van der Waals surface area contributed by atoms with Crippen molar-refractivity contribution in [2.24, 2.45) is 5.84 Å². The predicted octanol–water partition coefficient (Wildman–Crippen LogP) is 1.98. The molecular formula is C10H11BrN2. The lowest BCUT2D eigenvalue weighted by Crippen LogP contribution is -2.27. The molecule has 1 atom stereocenters. The van der Waals surface area contributed by atoms with Gasteiger partial charge in [-0.3, -0.25) is 11.3 Å². The molecule has 0 spiro atoms. The van der Waals surface area contributed by atoms with Crippen LogP contribution in [0.2, 0.25) is 0 Å². The van der Waals surface area contributed by atoms with Gasteiger partial charge in [-0.1, -0.05) is 34.1 Å². The maximum absolute atomic E-state index is 5.39. The summed E-state index contributed by atoms with van der Waals surface area (Å²) in [4.78, 5) is 0. The fourth-order valence-electron chi connectivity index (χ4n) is 1.13. The fraction of sp³-hybridized carbons (Fsp3) is 0.200. The highest BCUT2D eigenvalue weighted by Gasteiger charge is 2.10. The number of benzene rings is 1. The van der Waals surface area contributed by atoms with Crippen LogP contribution in [0.25, 0.3) is 0 Å². The number of nitrogens with one attached hydrogen (secondary N) is 1. The minimum atomic E-state index is 0.0144. The van der Waals surface area contributed by atoms with Crippen LogP contribution in [0.5, 0.6) is 0 Å². The Morgan fingerprint density at radius 1 is 1.54 bits per heavy atom. The van der Waals surface area contributed by atoms with Crippen LogP contribution < -0.4 is 11.3 Å². The predicted molar refractivity (Wildman–Crippen MR) is 57.7 cm³/mol. The zero-order chi connectivity index (χ0) is 9.68. The Hall–Kier alpha value is -0.820. The molecule has 0 aliphatic heterocycles. The highest BCUT2D eigenvalue weighted by molar-refractivity contribution is 9.10. The topological polar surface area (TPSA) is 38.0 Å². The second-order valence-corrected chi connectivity index (χ2v) is 3.50. The Balaban J connectivity index is 2.92. The van der Waals surface area contributed by atoms with Gasteiger partial charge in [-0.15, -0.1) is 12.3 Å². The first-order valence-electron chi connectivity index (χ1n) is 3.93. The molecule has 0 aliphatic carbocycles. The number of terminal acetylenes is 1. The molecule has 0 heterocycles. The van der Waals surface area contributed by atoms with Crippen molar-refractivity contribution in [2.45, 2.75) is 12.5 Å². The van der Waals surface area contributed by atoms with Gasteiger partial charge < -0.3 is 0 Å². The van der Waals surface area contributed by atoms with Gasteiger partial charge in [-0.25, -0.2) is 0 Å². The molecule has 68 valence electrons. The molecule has 3 heteroatoms. The maximum atomic E-state index is 5.39. The molecule has 1 aromatic carbocycles. The third-order valence-electron chi connectivity index (χ3n) is 1.80. The molecule has 0 fully saturated rings. The summed E-state index contributed by atoms with van der Waals surface area (Å²) in [6, 6.07) is 7.89. The van der Waals surface area contributed by atoms with Gasteiger partial charge in [0.15, 0.2) is 0 Å². The molecule has 0 saturated heterocycles. The molecule has 3 N–H and O–H groups in total. The Morgan fingerprint density at radius 2 is 2.23 bits per heavy atom. The van der Waals surface area contributed by atoms with E-state index in [2.05, 4.69) is 27.3 Å². The quantitative estimate of drug-likeness (QED) is 0.481. The average molecular weight is 239 g/mol. The van der Waals surface area contributed by atoms with Crippen molar-refractivity contribution in [2.75, 3.05) is 0 Å². The van der Waals surface area contributed by atoms with Crippen LogP contribution in [0.15, 0.2) is 28.7 Å². The summed E-state index contributed by atoms with van der Waals surface area (Å²) in [7, 11) is 0. The van der Waals surface area contributed by atoms with Gasteiger partial charge in [0.2, 0.25) is 0 Å². The summed E-state index contributed by atoms with van der Waals surface area (Å²) in [5.74, 6) is 7.97. The van der Waals surface area contributed by atoms with E-state index in [1.54, 1.807) is 0 Å². The average Bonchev–Trinajstić information content (AvgIpc) is 2.16. The zero-order valence-corrected chi connectivity index (χ0v) is 8.71. The van der Waals surface area contributed by atoms with E-state index >= 15 is 0 Å². The standard InChI is InChI=1S/C10H11BrN2/c1-2-5-10(13-12)8-6-3-4-7-9(8)11/h1,3-4,6-7,10,13H,5,12H2. The molecule has 0 amide bonds. The highest BCUT2D eigenvalue weighted by atomic mass is 79.9. The van der Waals surface area contributed by atoms with Crippen molar-refractivity contribution in [1.29, 1.82) is 0 Å². The van der Waals surface area contributed by atoms with Crippen molar-refractivity contribution in [3.63, 3.8) is 0 Å². The molecule has 0 radical (unpaired) electrons. The van der Waals surface area contributed by atoms with Crippen LogP contribution in [0.4, 0.5) is 0 Å².